The quantitative estimate of drug-likeness (QED) is 0.817. The minimum atomic E-state index is 0.288. The van der Waals surface area contributed by atoms with E-state index >= 15 is 0 Å². The lowest BCUT2D eigenvalue weighted by molar-refractivity contribution is -0.140. The number of carbonyl (C=O) groups is 1. The Kier molecular flexibility index (Phi) is 5.23. The number of hydrogen-bond donors (Lipinski definition) is 0. The lowest BCUT2D eigenvalue weighted by atomic mass is 9.72. The van der Waals surface area contributed by atoms with Crippen LogP contribution in [0.4, 0.5) is 0 Å². The summed E-state index contributed by atoms with van der Waals surface area (Å²) in [6.07, 6.45) is 7.68. The molecule has 2 aromatic heterocycles. The number of nitrogens with zero attached hydrogens (tertiary/aromatic N) is 5. The number of likely N-dealkylation sites (tertiary alicyclic amines) is 2. The van der Waals surface area contributed by atoms with Crippen LogP contribution in [-0.2, 0) is 24.9 Å². The third-order valence-electron chi connectivity index (χ3n) is 6.83. The molecule has 0 N–H and O–H groups in total. The molecule has 2 saturated heterocycles. The van der Waals surface area contributed by atoms with Gasteiger partial charge < -0.3 is 4.90 Å². The fourth-order valence-corrected chi connectivity index (χ4v) is 4.82. The van der Waals surface area contributed by atoms with Crippen LogP contribution in [0.2, 0.25) is 0 Å². The summed E-state index contributed by atoms with van der Waals surface area (Å²) in [7, 11) is 2.02. The van der Waals surface area contributed by atoms with Crippen LogP contribution in [0.3, 0.4) is 0 Å². The van der Waals surface area contributed by atoms with Crippen molar-refractivity contribution in [2.24, 2.45) is 12.5 Å². The summed E-state index contributed by atoms with van der Waals surface area (Å²) in [5.74, 6) is 0.298. The van der Waals surface area contributed by atoms with E-state index in [2.05, 4.69) is 33.7 Å². The Morgan fingerprint density at radius 2 is 1.79 bits per heavy atom. The Morgan fingerprint density at radius 1 is 1.07 bits per heavy atom. The SMILES string of the molecule is Cc1nn(C)c(C)c1CN1CCC2(CCC(=O)N(Cc3ccncc3)C2)CC1. The van der Waals surface area contributed by atoms with E-state index in [0.29, 0.717) is 18.9 Å². The molecule has 2 aliphatic rings. The van der Waals surface area contributed by atoms with Gasteiger partial charge in [0.25, 0.3) is 0 Å². The summed E-state index contributed by atoms with van der Waals surface area (Å²) in [6, 6.07) is 4.02. The molecule has 0 aromatic carbocycles. The lowest BCUT2D eigenvalue weighted by Crippen LogP contribution is -2.51. The number of aryl methyl sites for hydroxylation is 2. The van der Waals surface area contributed by atoms with E-state index in [9.17, 15) is 4.79 Å². The number of hydrogen-bond acceptors (Lipinski definition) is 4. The Bertz CT molecular complexity index is 836. The molecule has 4 heterocycles. The van der Waals surface area contributed by atoms with Crippen molar-refractivity contribution in [3.05, 3.63) is 47.0 Å². The molecule has 1 amide bonds. The first-order valence-corrected chi connectivity index (χ1v) is 10.3. The van der Waals surface area contributed by atoms with E-state index in [4.69, 9.17) is 0 Å². The number of pyridine rings is 1. The molecule has 0 radical (unpaired) electrons. The van der Waals surface area contributed by atoms with Gasteiger partial charge in [-0.05, 0) is 69.3 Å². The normalized spacial score (nSPS) is 20.1. The van der Waals surface area contributed by atoms with Crippen LogP contribution in [-0.4, -0.2) is 50.1 Å². The van der Waals surface area contributed by atoms with Crippen molar-refractivity contribution in [1.82, 2.24) is 24.6 Å². The van der Waals surface area contributed by atoms with Crippen LogP contribution in [0.1, 0.15) is 48.2 Å². The van der Waals surface area contributed by atoms with Crippen molar-refractivity contribution < 1.29 is 4.79 Å². The Labute approximate surface area is 167 Å². The van der Waals surface area contributed by atoms with Gasteiger partial charge in [-0.2, -0.15) is 5.10 Å². The molecule has 150 valence electrons. The third kappa shape index (κ3) is 3.83. The fourth-order valence-electron chi connectivity index (χ4n) is 4.82. The van der Waals surface area contributed by atoms with Gasteiger partial charge in [-0.25, -0.2) is 0 Å². The van der Waals surface area contributed by atoms with E-state index < -0.39 is 0 Å². The summed E-state index contributed by atoms with van der Waals surface area (Å²) in [6.45, 7) is 9.06. The summed E-state index contributed by atoms with van der Waals surface area (Å²) in [5, 5.41) is 4.56. The van der Waals surface area contributed by atoms with Gasteiger partial charge in [0.15, 0.2) is 0 Å². The average molecular weight is 382 g/mol. The smallest absolute Gasteiger partial charge is 0.222 e. The maximum Gasteiger partial charge on any atom is 0.222 e. The van der Waals surface area contributed by atoms with Gasteiger partial charge in [0, 0.05) is 56.8 Å². The average Bonchev–Trinajstić information content (AvgIpc) is 2.94. The fraction of sp³-hybridized carbons (Fsp3) is 0.591. The standard InChI is InChI=1S/C22H31N5O/c1-17-20(18(2)25(3)24-17)15-26-12-8-22(9-13-26)7-4-21(28)27(16-22)14-19-5-10-23-11-6-19/h5-6,10-11H,4,7-9,12-16H2,1-3H3. The van der Waals surface area contributed by atoms with E-state index in [1.807, 2.05) is 23.9 Å². The van der Waals surface area contributed by atoms with Crippen LogP contribution in [0.15, 0.2) is 24.5 Å². The molecule has 0 bridgehead atoms. The third-order valence-corrected chi connectivity index (χ3v) is 6.83. The molecule has 6 heteroatoms. The van der Waals surface area contributed by atoms with Gasteiger partial charge in [0.05, 0.1) is 5.69 Å². The molecule has 0 atom stereocenters. The van der Waals surface area contributed by atoms with Gasteiger partial charge in [-0.3, -0.25) is 19.4 Å². The van der Waals surface area contributed by atoms with Gasteiger partial charge in [-0.1, -0.05) is 0 Å². The Hall–Kier alpha value is -2.21. The highest BCUT2D eigenvalue weighted by molar-refractivity contribution is 5.77. The number of piperidine rings is 2. The highest BCUT2D eigenvalue weighted by Crippen LogP contribution is 2.41. The minimum absolute atomic E-state index is 0.288. The van der Waals surface area contributed by atoms with Gasteiger partial charge in [-0.15, -0.1) is 0 Å². The highest BCUT2D eigenvalue weighted by atomic mass is 16.2. The molecule has 2 aliphatic heterocycles. The zero-order valence-electron chi connectivity index (χ0n) is 17.3. The second kappa shape index (κ2) is 7.66. The summed E-state index contributed by atoms with van der Waals surface area (Å²) < 4.78 is 1.99. The number of amides is 1. The monoisotopic (exact) mass is 381 g/mol. The molecule has 28 heavy (non-hydrogen) atoms. The molecule has 2 fully saturated rings. The largest absolute Gasteiger partial charge is 0.338 e. The van der Waals surface area contributed by atoms with E-state index in [1.165, 1.54) is 29.7 Å². The molecular formula is C22H31N5O. The van der Waals surface area contributed by atoms with Crippen LogP contribution in [0.25, 0.3) is 0 Å². The number of carbonyl (C=O) groups excluding carboxylic acids is 1. The number of aromatic nitrogens is 3. The van der Waals surface area contributed by atoms with Crippen LogP contribution >= 0.6 is 0 Å². The van der Waals surface area contributed by atoms with Crippen LogP contribution in [0, 0.1) is 19.3 Å². The highest BCUT2D eigenvalue weighted by Gasteiger charge is 2.41. The first-order valence-electron chi connectivity index (χ1n) is 10.3. The predicted octanol–water partition coefficient (Wildman–Crippen LogP) is 2.84. The predicted molar refractivity (Wildman–Crippen MR) is 109 cm³/mol. The van der Waals surface area contributed by atoms with Crippen LogP contribution in [0.5, 0.6) is 0 Å². The maximum atomic E-state index is 12.5. The van der Waals surface area contributed by atoms with Crippen molar-refractivity contribution in [2.45, 2.75) is 52.6 Å². The lowest BCUT2D eigenvalue weighted by Gasteiger charge is -2.47. The molecule has 1 spiro atoms. The van der Waals surface area contributed by atoms with Gasteiger partial charge in [0.2, 0.25) is 5.91 Å². The molecule has 2 aromatic rings. The minimum Gasteiger partial charge on any atom is -0.338 e. The van der Waals surface area contributed by atoms with E-state index in [-0.39, 0.29) is 5.41 Å². The van der Waals surface area contributed by atoms with Crippen molar-refractivity contribution in [3.63, 3.8) is 0 Å². The zero-order valence-corrected chi connectivity index (χ0v) is 17.3. The molecular weight excluding hydrogens is 350 g/mol. The van der Waals surface area contributed by atoms with E-state index in [0.717, 1.165) is 38.3 Å². The molecule has 0 unspecified atom stereocenters. The van der Waals surface area contributed by atoms with Crippen molar-refractivity contribution in [3.8, 4) is 0 Å². The summed E-state index contributed by atoms with van der Waals surface area (Å²) in [5.41, 5.74) is 5.24. The second-order valence-electron chi connectivity index (χ2n) is 8.65. The molecule has 0 saturated carbocycles. The maximum absolute atomic E-state index is 12.5. The zero-order chi connectivity index (χ0) is 19.7. The molecule has 6 nitrogen and oxygen atoms in total. The first-order chi connectivity index (χ1) is 13.5. The van der Waals surface area contributed by atoms with Crippen molar-refractivity contribution >= 4 is 5.91 Å². The molecule has 4 rings (SSSR count). The summed E-state index contributed by atoms with van der Waals surface area (Å²) >= 11 is 0. The Balaban J connectivity index is 1.38. The summed E-state index contributed by atoms with van der Waals surface area (Å²) in [4.78, 5) is 21.2. The molecule has 0 aliphatic carbocycles. The topological polar surface area (TPSA) is 54.3 Å². The number of rotatable bonds is 4. The Morgan fingerprint density at radius 3 is 2.43 bits per heavy atom. The first kappa shape index (κ1) is 19.1. The van der Waals surface area contributed by atoms with Crippen LogP contribution < -0.4 is 0 Å². The van der Waals surface area contributed by atoms with Gasteiger partial charge in [0.1, 0.15) is 0 Å². The van der Waals surface area contributed by atoms with Crippen molar-refractivity contribution in [2.75, 3.05) is 19.6 Å². The van der Waals surface area contributed by atoms with Crippen molar-refractivity contribution in [1.29, 1.82) is 0 Å². The van der Waals surface area contributed by atoms with Gasteiger partial charge >= 0.3 is 0 Å². The van der Waals surface area contributed by atoms with E-state index in [1.54, 1.807) is 12.4 Å². The second-order valence-corrected chi connectivity index (χ2v) is 8.65.